The van der Waals surface area contributed by atoms with Gasteiger partial charge in [-0.3, -0.25) is 4.98 Å². The number of piperidine rings is 1. The molecule has 1 saturated heterocycles. The summed E-state index contributed by atoms with van der Waals surface area (Å²) in [4.78, 5) is 8.71. The molecule has 0 amide bonds. The van der Waals surface area contributed by atoms with E-state index in [1.54, 1.807) is 6.20 Å². The maximum Gasteiger partial charge on any atom is 0.231 e. The molecule has 100 valence electrons. The Morgan fingerprint density at radius 1 is 1.47 bits per heavy atom. The van der Waals surface area contributed by atoms with E-state index < -0.39 is 0 Å². The summed E-state index contributed by atoms with van der Waals surface area (Å²) in [6.45, 7) is 4.12. The van der Waals surface area contributed by atoms with Gasteiger partial charge in [-0.05, 0) is 37.4 Å². The summed E-state index contributed by atoms with van der Waals surface area (Å²) in [7, 11) is 0. The first-order chi connectivity index (χ1) is 9.38. The topological polar surface area (TPSA) is 63.8 Å². The van der Waals surface area contributed by atoms with Gasteiger partial charge < -0.3 is 9.84 Å². The van der Waals surface area contributed by atoms with E-state index in [9.17, 15) is 0 Å². The minimum atomic E-state index is 0.349. The minimum absolute atomic E-state index is 0.349. The van der Waals surface area contributed by atoms with Gasteiger partial charge in [0.15, 0.2) is 0 Å². The van der Waals surface area contributed by atoms with Crippen LogP contribution in [0.25, 0.3) is 11.4 Å². The molecule has 5 heteroatoms. The van der Waals surface area contributed by atoms with Crippen molar-refractivity contribution in [1.29, 1.82) is 0 Å². The molecule has 3 rings (SSSR count). The van der Waals surface area contributed by atoms with Crippen molar-refractivity contribution in [1.82, 2.24) is 20.4 Å². The summed E-state index contributed by atoms with van der Waals surface area (Å²) >= 11 is 0. The number of hydrogen-bond acceptors (Lipinski definition) is 5. The van der Waals surface area contributed by atoms with Crippen LogP contribution >= 0.6 is 0 Å². The quantitative estimate of drug-likeness (QED) is 0.914. The van der Waals surface area contributed by atoms with E-state index in [-0.39, 0.29) is 0 Å². The Balaban J connectivity index is 1.88. The molecular formula is C14H18N4O. The molecule has 5 nitrogen and oxygen atoms in total. The number of pyridine rings is 1. The molecule has 2 aromatic rings. The second-order valence-corrected chi connectivity index (χ2v) is 4.89. The van der Waals surface area contributed by atoms with E-state index in [1.165, 1.54) is 0 Å². The normalized spacial score (nSPS) is 19.5. The molecule has 3 heterocycles. The van der Waals surface area contributed by atoms with E-state index in [2.05, 4.69) is 27.4 Å². The Morgan fingerprint density at radius 3 is 3.21 bits per heavy atom. The molecule has 1 aliphatic heterocycles. The molecule has 0 aromatic carbocycles. The first kappa shape index (κ1) is 12.3. The fourth-order valence-electron chi connectivity index (χ4n) is 2.50. The van der Waals surface area contributed by atoms with Crippen molar-refractivity contribution >= 4 is 0 Å². The van der Waals surface area contributed by atoms with Gasteiger partial charge in [-0.1, -0.05) is 12.1 Å². The lowest BCUT2D eigenvalue weighted by Gasteiger charge is -2.18. The minimum Gasteiger partial charge on any atom is -0.339 e. The number of nitrogens with one attached hydrogen (secondary N) is 1. The van der Waals surface area contributed by atoms with Gasteiger partial charge in [0.2, 0.25) is 11.7 Å². The zero-order valence-electron chi connectivity index (χ0n) is 11.1. The molecule has 0 unspecified atom stereocenters. The van der Waals surface area contributed by atoms with Crippen molar-refractivity contribution in [2.45, 2.75) is 32.1 Å². The Labute approximate surface area is 112 Å². The highest BCUT2D eigenvalue weighted by molar-refractivity contribution is 5.58. The maximum atomic E-state index is 5.44. The molecule has 0 bridgehead atoms. The van der Waals surface area contributed by atoms with Crippen molar-refractivity contribution in [3.05, 3.63) is 29.9 Å². The first-order valence-electron chi connectivity index (χ1n) is 6.86. The molecule has 0 aliphatic carbocycles. The van der Waals surface area contributed by atoms with Crippen LogP contribution in [0.3, 0.4) is 0 Å². The van der Waals surface area contributed by atoms with Gasteiger partial charge in [0, 0.05) is 24.5 Å². The average molecular weight is 258 g/mol. The third-order valence-electron chi connectivity index (χ3n) is 3.61. The van der Waals surface area contributed by atoms with Crippen molar-refractivity contribution in [3.8, 4) is 11.4 Å². The van der Waals surface area contributed by atoms with Gasteiger partial charge in [0.05, 0.1) is 5.92 Å². The van der Waals surface area contributed by atoms with Crippen LogP contribution in [0.15, 0.2) is 23.0 Å². The van der Waals surface area contributed by atoms with E-state index in [0.717, 1.165) is 49.4 Å². The number of aryl methyl sites for hydroxylation is 1. The SMILES string of the molecule is CCc1cnccc1-c1noc([C@@H]2CCCNC2)n1. The second kappa shape index (κ2) is 5.48. The highest BCUT2D eigenvalue weighted by atomic mass is 16.5. The van der Waals surface area contributed by atoms with Crippen molar-refractivity contribution in [2.75, 3.05) is 13.1 Å². The van der Waals surface area contributed by atoms with Crippen molar-refractivity contribution < 1.29 is 4.52 Å². The molecule has 1 N–H and O–H groups in total. The number of hydrogen-bond donors (Lipinski definition) is 1. The van der Waals surface area contributed by atoms with Crippen molar-refractivity contribution in [3.63, 3.8) is 0 Å². The largest absolute Gasteiger partial charge is 0.339 e. The molecular weight excluding hydrogens is 240 g/mol. The lowest BCUT2D eigenvalue weighted by atomic mass is 10.00. The molecule has 0 radical (unpaired) electrons. The summed E-state index contributed by atoms with van der Waals surface area (Å²) in [6, 6.07) is 1.95. The van der Waals surface area contributed by atoms with Crippen LogP contribution in [0.2, 0.25) is 0 Å². The zero-order valence-corrected chi connectivity index (χ0v) is 11.1. The Morgan fingerprint density at radius 2 is 2.42 bits per heavy atom. The summed E-state index contributed by atoms with van der Waals surface area (Å²) in [5.74, 6) is 1.78. The third kappa shape index (κ3) is 2.51. The van der Waals surface area contributed by atoms with Crippen LogP contribution in [0.4, 0.5) is 0 Å². The summed E-state index contributed by atoms with van der Waals surface area (Å²) in [5.41, 5.74) is 2.17. The van der Waals surface area contributed by atoms with Crippen LogP contribution in [-0.4, -0.2) is 28.2 Å². The maximum absolute atomic E-state index is 5.44. The van der Waals surface area contributed by atoms with Crippen LogP contribution in [0, 0.1) is 0 Å². The monoisotopic (exact) mass is 258 g/mol. The third-order valence-corrected chi connectivity index (χ3v) is 3.61. The number of nitrogens with zero attached hydrogens (tertiary/aromatic N) is 3. The zero-order chi connectivity index (χ0) is 13.1. The molecule has 0 spiro atoms. The first-order valence-corrected chi connectivity index (χ1v) is 6.86. The molecule has 1 fully saturated rings. The van der Waals surface area contributed by atoms with Crippen LogP contribution in [-0.2, 0) is 6.42 Å². The second-order valence-electron chi connectivity index (χ2n) is 4.89. The van der Waals surface area contributed by atoms with E-state index >= 15 is 0 Å². The van der Waals surface area contributed by atoms with Gasteiger partial charge in [-0.25, -0.2) is 0 Å². The van der Waals surface area contributed by atoms with Crippen LogP contribution in [0.5, 0.6) is 0 Å². The van der Waals surface area contributed by atoms with Crippen LogP contribution in [0.1, 0.15) is 37.1 Å². The molecule has 2 aromatic heterocycles. The van der Waals surface area contributed by atoms with E-state index in [0.29, 0.717) is 11.7 Å². The average Bonchev–Trinajstić information content (AvgIpc) is 2.98. The molecule has 19 heavy (non-hydrogen) atoms. The summed E-state index contributed by atoms with van der Waals surface area (Å²) in [6.07, 6.45) is 6.84. The molecule has 1 atom stereocenters. The molecule has 0 saturated carbocycles. The van der Waals surface area contributed by atoms with Gasteiger partial charge in [0.1, 0.15) is 0 Å². The predicted octanol–water partition coefficient (Wildman–Crippen LogP) is 2.16. The van der Waals surface area contributed by atoms with Crippen molar-refractivity contribution in [2.24, 2.45) is 0 Å². The lowest BCUT2D eigenvalue weighted by molar-refractivity contribution is 0.322. The highest BCUT2D eigenvalue weighted by Crippen LogP contribution is 2.25. The number of aromatic nitrogens is 3. The Bertz CT molecular complexity index is 546. The summed E-state index contributed by atoms with van der Waals surface area (Å²) in [5, 5.41) is 7.50. The Hall–Kier alpha value is -1.75. The van der Waals surface area contributed by atoms with Gasteiger partial charge >= 0.3 is 0 Å². The van der Waals surface area contributed by atoms with Gasteiger partial charge in [-0.15, -0.1) is 0 Å². The number of rotatable bonds is 3. The van der Waals surface area contributed by atoms with Crippen LogP contribution < -0.4 is 5.32 Å². The molecule has 1 aliphatic rings. The summed E-state index contributed by atoms with van der Waals surface area (Å²) < 4.78 is 5.44. The lowest BCUT2D eigenvalue weighted by Crippen LogP contribution is -2.28. The highest BCUT2D eigenvalue weighted by Gasteiger charge is 2.22. The van der Waals surface area contributed by atoms with Gasteiger partial charge in [0.25, 0.3) is 0 Å². The van der Waals surface area contributed by atoms with E-state index in [4.69, 9.17) is 4.52 Å². The smallest absolute Gasteiger partial charge is 0.231 e. The van der Waals surface area contributed by atoms with Gasteiger partial charge in [-0.2, -0.15) is 4.98 Å². The van der Waals surface area contributed by atoms with E-state index in [1.807, 2.05) is 12.3 Å². The fraction of sp³-hybridized carbons (Fsp3) is 0.500. The fourth-order valence-corrected chi connectivity index (χ4v) is 2.50. The Kier molecular flexibility index (Phi) is 3.55. The standard InChI is InChI=1S/C14H18N4O/c1-2-10-8-16-7-5-12(10)13-17-14(19-18-13)11-4-3-6-15-9-11/h5,7-8,11,15H,2-4,6,9H2,1H3/t11-/m1/s1. The predicted molar refractivity (Wildman–Crippen MR) is 71.8 cm³/mol.